The SMILES string of the molecule is CSc1nnc(CCCNCc2ccc(C3CC3C)o2)n1CC(C)C. The fourth-order valence-electron chi connectivity index (χ4n) is 3.19. The van der Waals surface area contributed by atoms with Crippen molar-refractivity contribution in [3.05, 3.63) is 29.5 Å². The van der Waals surface area contributed by atoms with Crippen LogP contribution in [0.2, 0.25) is 0 Å². The molecule has 0 saturated heterocycles. The van der Waals surface area contributed by atoms with Gasteiger partial charge in [0.1, 0.15) is 17.3 Å². The molecule has 1 aliphatic rings. The van der Waals surface area contributed by atoms with Crippen molar-refractivity contribution in [2.45, 2.75) is 64.2 Å². The van der Waals surface area contributed by atoms with Crippen LogP contribution in [0.15, 0.2) is 21.7 Å². The van der Waals surface area contributed by atoms with Gasteiger partial charge in [-0.15, -0.1) is 10.2 Å². The largest absolute Gasteiger partial charge is 0.464 e. The molecule has 0 aliphatic heterocycles. The molecule has 0 amide bonds. The number of aryl methyl sites for hydroxylation is 1. The highest BCUT2D eigenvalue weighted by molar-refractivity contribution is 7.98. The second-order valence-corrected chi connectivity index (χ2v) is 8.28. The van der Waals surface area contributed by atoms with Crippen LogP contribution in [0.4, 0.5) is 0 Å². The predicted octanol–water partition coefficient (Wildman–Crippen LogP) is 4.09. The Morgan fingerprint density at radius 2 is 2.16 bits per heavy atom. The number of furan rings is 1. The number of thioether (sulfide) groups is 1. The number of hydrogen-bond donors (Lipinski definition) is 1. The zero-order valence-corrected chi connectivity index (χ0v) is 16.6. The van der Waals surface area contributed by atoms with Crippen molar-refractivity contribution in [2.75, 3.05) is 12.8 Å². The molecular weight excluding hydrogens is 332 g/mol. The normalized spacial score (nSPS) is 19.7. The second kappa shape index (κ2) is 8.41. The molecule has 6 heteroatoms. The summed E-state index contributed by atoms with van der Waals surface area (Å²) in [7, 11) is 0. The Labute approximate surface area is 155 Å². The van der Waals surface area contributed by atoms with E-state index < -0.39 is 0 Å². The molecule has 3 rings (SSSR count). The van der Waals surface area contributed by atoms with E-state index in [9.17, 15) is 0 Å². The second-order valence-electron chi connectivity index (χ2n) is 7.51. The summed E-state index contributed by atoms with van der Waals surface area (Å²) in [6, 6.07) is 4.25. The first-order valence-electron chi connectivity index (χ1n) is 9.33. The summed E-state index contributed by atoms with van der Waals surface area (Å²) >= 11 is 1.67. The molecule has 2 aromatic heterocycles. The molecule has 5 nitrogen and oxygen atoms in total. The molecule has 0 bridgehead atoms. The van der Waals surface area contributed by atoms with E-state index in [0.29, 0.717) is 11.8 Å². The van der Waals surface area contributed by atoms with Crippen molar-refractivity contribution in [3.63, 3.8) is 0 Å². The summed E-state index contributed by atoms with van der Waals surface area (Å²) in [5.41, 5.74) is 0. The van der Waals surface area contributed by atoms with Gasteiger partial charge in [-0.25, -0.2) is 0 Å². The van der Waals surface area contributed by atoms with E-state index >= 15 is 0 Å². The molecule has 1 N–H and O–H groups in total. The first kappa shape index (κ1) is 18.5. The Balaban J connectivity index is 1.41. The average Bonchev–Trinajstić information content (AvgIpc) is 2.97. The Morgan fingerprint density at radius 1 is 1.36 bits per heavy atom. The molecular formula is C19H30N4OS. The number of rotatable bonds is 10. The molecule has 2 aromatic rings. The van der Waals surface area contributed by atoms with Crippen LogP contribution in [0.5, 0.6) is 0 Å². The highest BCUT2D eigenvalue weighted by atomic mass is 32.2. The predicted molar refractivity (Wildman–Crippen MR) is 102 cm³/mol. The molecule has 1 fully saturated rings. The average molecular weight is 363 g/mol. The topological polar surface area (TPSA) is 55.9 Å². The standard InChI is InChI=1S/C19H30N4OS/c1-13(2)12-23-18(21-22-19(23)25-4)6-5-9-20-11-15-7-8-17(24-15)16-10-14(16)3/h7-8,13-14,16,20H,5-6,9-12H2,1-4H3. The zero-order chi connectivity index (χ0) is 17.8. The summed E-state index contributed by atoms with van der Waals surface area (Å²) in [6.45, 7) is 9.49. The summed E-state index contributed by atoms with van der Waals surface area (Å²) in [6.07, 6.45) is 5.34. The van der Waals surface area contributed by atoms with Gasteiger partial charge >= 0.3 is 0 Å². The van der Waals surface area contributed by atoms with E-state index in [-0.39, 0.29) is 0 Å². The number of hydrogen-bond acceptors (Lipinski definition) is 5. The van der Waals surface area contributed by atoms with Gasteiger partial charge in [-0.05, 0) is 49.6 Å². The minimum Gasteiger partial charge on any atom is -0.464 e. The minimum absolute atomic E-state index is 0.598. The van der Waals surface area contributed by atoms with Gasteiger partial charge in [0.05, 0.1) is 6.54 Å². The number of nitrogens with one attached hydrogen (secondary N) is 1. The van der Waals surface area contributed by atoms with E-state index in [0.717, 1.165) is 60.9 Å². The molecule has 2 heterocycles. The molecule has 2 unspecified atom stereocenters. The third kappa shape index (κ3) is 4.88. The molecule has 0 radical (unpaired) electrons. The van der Waals surface area contributed by atoms with Crippen LogP contribution in [-0.4, -0.2) is 27.6 Å². The Morgan fingerprint density at radius 3 is 2.84 bits per heavy atom. The minimum atomic E-state index is 0.598. The maximum absolute atomic E-state index is 5.93. The first-order valence-corrected chi connectivity index (χ1v) is 10.6. The van der Waals surface area contributed by atoms with E-state index in [1.54, 1.807) is 11.8 Å². The van der Waals surface area contributed by atoms with Gasteiger partial charge in [0.2, 0.25) is 0 Å². The van der Waals surface area contributed by atoms with Gasteiger partial charge in [-0.2, -0.15) is 0 Å². The Kier molecular flexibility index (Phi) is 6.23. The van der Waals surface area contributed by atoms with Crippen molar-refractivity contribution < 1.29 is 4.42 Å². The summed E-state index contributed by atoms with van der Waals surface area (Å²) in [4.78, 5) is 0. The molecule has 1 saturated carbocycles. The van der Waals surface area contributed by atoms with Crippen LogP contribution in [-0.2, 0) is 19.5 Å². The van der Waals surface area contributed by atoms with Crippen molar-refractivity contribution in [2.24, 2.45) is 11.8 Å². The third-order valence-corrected chi connectivity index (χ3v) is 5.40. The van der Waals surface area contributed by atoms with Gasteiger partial charge < -0.3 is 14.3 Å². The molecule has 0 spiro atoms. The van der Waals surface area contributed by atoms with Crippen LogP contribution in [0.25, 0.3) is 0 Å². The lowest BCUT2D eigenvalue weighted by molar-refractivity contribution is 0.441. The highest BCUT2D eigenvalue weighted by Gasteiger charge is 2.36. The maximum Gasteiger partial charge on any atom is 0.190 e. The summed E-state index contributed by atoms with van der Waals surface area (Å²) in [5.74, 6) is 5.36. The van der Waals surface area contributed by atoms with Crippen LogP contribution in [0.3, 0.4) is 0 Å². The summed E-state index contributed by atoms with van der Waals surface area (Å²) in [5, 5.41) is 13.2. The fraction of sp³-hybridized carbons (Fsp3) is 0.684. The van der Waals surface area contributed by atoms with Gasteiger partial charge in [0, 0.05) is 18.9 Å². The van der Waals surface area contributed by atoms with Crippen LogP contribution in [0, 0.1) is 11.8 Å². The van der Waals surface area contributed by atoms with Crippen LogP contribution >= 0.6 is 11.8 Å². The van der Waals surface area contributed by atoms with Gasteiger partial charge in [-0.1, -0.05) is 32.5 Å². The molecule has 138 valence electrons. The van der Waals surface area contributed by atoms with Crippen molar-refractivity contribution in [1.29, 1.82) is 0 Å². The van der Waals surface area contributed by atoms with Crippen LogP contribution in [0.1, 0.15) is 56.9 Å². The van der Waals surface area contributed by atoms with Crippen molar-refractivity contribution >= 4 is 11.8 Å². The van der Waals surface area contributed by atoms with Crippen molar-refractivity contribution in [3.8, 4) is 0 Å². The van der Waals surface area contributed by atoms with E-state index in [1.807, 2.05) is 0 Å². The lowest BCUT2D eigenvalue weighted by atomic mass is 10.2. The number of aromatic nitrogens is 3. The van der Waals surface area contributed by atoms with Gasteiger partial charge in [0.25, 0.3) is 0 Å². The monoisotopic (exact) mass is 362 g/mol. The number of nitrogens with zero attached hydrogens (tertiary/aromatic N) is 3. The lowest BCUT2D eigenvalue weighted by Gasteiger charge is -2.11. The lowest BCUT2D eigenvalue weighted by Crippen LogP contribution is -2.16. The zero-order valence-electron chi connectivity index (χ0n) is 15.8. The molecule has 25 heavy (non-hydrogen) atoms. The molecule has 2 atom stereocenters. The fourth-order valence-corrected chi connectivity index (χ4v) is 3.72. The Bertz CT molecular complexity index is 679. The summed E-state index contributed by atoms with van der Waals surface area (Å²) < 4.78 is 8.20. The maximum atomic E-state index is 5.93. The van der Waals surface area contributed by atoms with Gasteiger partial charge in [-0.3, -0.25) is 0 Å². The quantitative estimate of drug-likeness (QED) is 0.509. The Hall–Kier alpha value is -1.27. The smallest absolute Gasteiger partial charge is 0.190 e. The van der Waals surface area contributed by atoms with E-state index in [2.05, 4.69) is 59.2 Å². The van der Waals surface area contributed by atoms with E-state index in [1.165, 1.54) is 6.42 Å². The van der Waals surface area contributed by atoms with E-state index in [4.69, 9.17) is 4.42 Å². The van der Waals surface area contributed by atoms with Gasteiger partial charge in [0.15, 0.2) is 5.16 Å². The highest BCUT2D eigenvalue weighted by Crippen LogP contribution is 2.47. The third-order valence-electron chi connectivity index (χ3n) is 4.73. The molecule has 0 aromatic carbocycles. The first-order chi connectivity index (χ1) is 12.1. The van der Waals surface area contributed by atoms with Crippen LogP contribution < -0.4 is 5.32 Å². The molecule has 1 aliphatic carbocycles. The van der Waals surface area contributed by atoms with Crippen molar-refractivity contribution in [1.82, 2.24) is 20.1 Å².